The molecule has 2 aromatic rings. The van der Waals surface area contributed by atoms with Crippen LogP contribution >= 0.6 is 0 Å². The molecule has 2 heteroatoms. The summed E-state index contributed by atoms with van der Waals surface area (Å²) in [6.07, 6.45) is 4.93. The van der Waals surface area contributed by atoms with Gasteiger partial charge in [0.25, 0.3) is 0 Å². The molecule has 0 unspecified atom stereocenters. The van der Waals surface area contributed by atoms with E-state index < -0.39 is 0 Å². The summed E-state index contributed by atoms with van der Waals surface area (Å²) >= 11 is 0. The highest BCUT2D eigenvalue weighted by Crippen LogP contribution is 2.33. The first-order chi connectivity index (χ1) is 7.83. The molecule has 1 aromatic carbocycles. The molecule has 0 atom stereocenters. The minimum atomic E-state index is 0.272. The van der Waals surface area contributed by atoms with Gasteiger partial charge < -0.3 is 0 Å². The van der Waals surface area contributed by atoms with Crippen LogP contribution in [0.1, 0.15) is 29.6 Å². The van der Waals surface area contributed by atoms with E-state index in [4.69, 9.17) is 0 Å². The third-order valence-corrected chi connectivity index (χ3v) is 3.10. The Morgan fingerprint density at radius 3 is 3.00 bits per heavy atom. The van der Waals surface area contributed by atoms with Crippen LogP contribution in [-0.2, 0) is 0 Å². The van der Waals surface area contributed by atoms with E-state index in [1.54, 1.807) is 6.20 Å². The Hall–Kier alpha value is -1.70. The Labute approximate surface area is 94.3 Å². The fourth-order valence-corrected chi connectivity index (χ4v) is 1.95. The zero-order valence-electron chi connectivity index (χ0n) is 9.02. The van der Waals surface area contributed by atoms with Gasteiger partial charge in [-0.3, -0.25) is 9.78 Å². The lowest BCUT2D eigenvalue weighted by atomic mass is 10.0. The molecule has 0 spiro atoms. The van der Waals surface area contributed by atoms with Crippen LogP contribution in [0.3, 0.4) is 0 Å². The molecule has 3 rings (SSSR count). The summed E-state index contributed by atoms with van der Waals surface area (Å²) in [5.74, 6) is 0.922. The molecule has 1 heterocycles. The summed E-state index contributed by atoms with van der Waals surface area (Å²) in [4.78, 5) is 16.2. The van der Waals surface area contributed by atoms with Crippen LogP contribution in [0, 0.1) is 5.92 Å². The molecule has 1 aromatic heterocycles. The molecule has 0 aliphatic heterocycles. The average Bonchev–Trinajstić information content (AvgIpc) is 3.12. The Kier molecular flexibility index (Phi) is 2.21. The van der Waals surface area contributed by atoms with Gasteiger partial charge in [-0.1, -0.05) is 6.07 Å². The van der Waals surface area contributed by atoms with Crippen molar-refractivity contribution in [3.8, 4) is 0 Å². The van der Waals surface area contributed by atoms with Crippen LogP contribution in [0.5, 0.6) is 0 Å². The highest BCUT2D eigenvalue weighted by Gasteiger charge is 2.24. The van der Waals surface area contributed by atoms with E-state index in [1.165, 1.54) is 12.8 Å². The van der Waals surface area contributed by atoms with Gasteiger partial charge in [-0.15, -0.1) is 0 Å². The van der Waals surface area contributed by atoms with Crippen molar-refractivity contribution in [1.82, 2.24) is 4.98 Å². The molecule has 0 amide bonds. The lowest BCUT2D eigenvalue weighted by Gasteiger charge is -2.01. The van der Waals surface area contributed by atoms with E-state index in [1.807, 2.05) is 30.3 Å². The number of fused-ring (bicyclic) bond motifs is 1. The van der Waals surface area contributed by atoms with Gasteiger partial charge in [0, 0.05) is 23.6 Å². The van der Waals surface area contributed by atoms with E-state index in [0.717, 1.165) is 16.5 Å². The fraction of sp³-hybridized carbons (Fsp3) is 0.286. The van der Waals surface area contributed by atoms with Crippen LogP contribution < -0.4 is 0 Å². The number of hydrogen-bond acceptors (Lipinski definition) is 2. The first-order valence-electron chi connectivity index (χ1n) is 5.71. The zero-order chi connectivity index (χ0) is 11.0. The molecular formula is C14H13NO. The topological polar surface area (TPSA) is 30.0 Å². The third kappa shape index (κ3) is 1.83. The maximum absolute atomic E-state index is 11.9. The first-order valence-corrected chi connectivity index (χ1v) is 5.71. The summed E-state index contributed by atoms with van der Waals surface area (Å²) in [5.41, 5.74) is 1.78. The molecule has 0 saturated heterocycles. The van der Waals surface area contributed by atoms with Crippen molar-refractivity contribution in [3.05, 3.63) is 42.1 Å². The summed E-state index contributed by atoms with van der Waals surface area (Å²) < 4.78 is 0. The van der Waals surface area contributed by atoms with Crippen molar-refractivity contribution in [1.29, 1.82) is 0 Å². The minimum absolute atomic E-state index is 0.272. The SMILES string of the molecule is O=C(CC1CC1)c1ccc2ncccc2c1. The second-order valence-corrected chi connectivity index (χ2v) is 4.48. The van der Waals surface area contributed by atoms with E-state index in [-0.39, 0.29) is 5.78 Å². The maximum atomic E-state index is 11.9. The number of hydrogen-bond donors (Lipinski definition) is 0. The molecule has 2 nitrogen and oxygen atoms in total. The number of pyridine rings is 1. The van der Waals surface area contributed by atoms with Gasteiger partial charge in [-0.05, 0) is 43.0 Å². The van der Waals surface area contributed by atoms with E-state index in [0.29, 0.717) is 12.3 Å². The lowest BCUT2D eigenvalue weighted by Crippen LogP contribution is -1.99. The van der Waals surface area contributed by atoms with Gasteiger partial charge >= 0.3 is 0 Å². The van der Waals surface area contributed by atoms with Gasteiger partial charge in [0.1, 0.15) is 0 Å². The number of benzene rings is 1. The molecule has 16 heavy (non-hydrogen) atoms. The Morgan fingerprint density at radius 1 is 1.31 bits per heavy atom. The predicted octanol–water partition coefficient (Wildman–Crippen LogP) is 3.22. The number of carbonyl (C=O) groups excluding carboxylic acids is 1. The monoisotopic (exact) mass is 211 g/mol. The van der Waals surface area contributed by atoms with Gasteiger partial charge in [-0.25, -0.2) is 0 Å². The number of carbonyl (C=O) groups is 1. The average molecular weight is 211 g/mol. The molecule has 1 saturated carbocycles. The molecule has 80 valence electrons. The highest BCUT2D eigenvalue weighted by atomic mass is 16.1. The number of nitrogens with zero attached hydrogens (tertiary/aromatic N) is 1. The number of aromatic nitrogens is 1. The number of rotatable bonds is 3. The Balaban J connectivity index is 1.94. The second-order valence-electron chi connectivity index (χ2n) is 4.48. The van der Waals surface area contributed by atoms with Crippen molar-refractivity contribution < 1.29 is 4.79 Å². The van der Waals surface area contributed by atoms with Crippen molar-refractivity contribution in [2.75, 3.05) is 0 Å². The Morgan fingerprint density at radius 2 is 2.19 bits per heavy atom. The largest absolute Gasteiger partial charge is 0.294 e. The molecule has 1 aliphatic carbocycles. The van der Waals surface area contributed by atoms with Crippen molar-refractivity contribution in [2.24, 2.45) is 5.92 Å². The minimum Gasteiger partial charge on any atom is -0.294 e. The third-order valence-electron chi connectivity index (χ3n) is 3.10. The van der Waals surface area contributed by atoms with Crippen LogP contribution in [0.2, 0.25) is 0 Å². The molecule has 1 aliphatic rings. The molecule has 0 N–H and O–H groups in total. The van der Waals surface area contributed by atoms with Crippen LogP contribution in [0.4, 0.5) is 0 Å². The van der Waals surface area contributed by atoms with Crippen LogP contribution in [0.25, 0.3) is 10.9 Å². The van der Waals surface area contributed by atoms with Crippen molar-refractivity contribution >= 4 is 16.7 Å². The van der Waals surface area contributed by atoms with Crippen LogP contribution in [0.15, 0.2) is 36.5 Å². The maximum Gasteiger partial charge on any atom is 0.163 e. The molecule has 0 bridgehead atoms. The fourth-order valence-electron chi connectivity index (χ4n) is 1.95. The zero-order valence-corrected chi connectivity index (χ0v) is 9.02. The smallest absolute Gasteiger partial charge is 0.163 e. The number of Topliss-reactive ketones (excluding diaryl/α,β-unsaturated/α-hetero) is 1. The normalized spacial score (nSPS) is 15.2. The van der Waals surface area contributed by atoms with Crippen LogP contribution in [-0.4, -0.2) is 10.8 Å². The van der Waals surface area contributed by atoms with E-state index >= 15 is 0 Å². The van der Waals surface area contributed by atoms with Gasteiger partial charge in [0.15, 0.2) is 5.78 Å². The van der Waals surface area contributed by atoms with Gasteiger partial charge in [0.2, 0.25) is 0 Å². The van der Waals surface area contributed by atoms with E-state index in [2.05, 4.69) is 4.98 Å². The summed E-state index contributed by atoms with van der Waals surface area (Å²) in [6, 6.07) is 9.66. The summed E-state index contributed by atoms with van der Waals surface area (Å²) in [6.45, 7) is 0. The summed E-state index contributed by atoms with van der Waals surface area (Å²) in [5, 5.41) is 1.05. The van der Waals surface area contributed by atoms with Gasteiger partial charge in [-0.2, -0.15) is 0 Å². The highest BCUT2D eigenvalue weighted by molar-refractivity contribution is 5.99. The lowest BCUT2D eigenvalue weighted by molar-refractivity contribution is 0.0976. The standard InChI is InChI=1S/C14H13NO/c16-14(8-10-3-4-10)12-5-6-13-11(9-12)2-1-7-15-13/h1-2,5-7,9-10H,3-4,8H2. The van der Waals surface area contributed by atoms with Crippen molar-refractivity contribution in [3.63, 3.8) is 0 Å². The molecular weight excluding hydrogens is 198 g/mol. The summed E-state index contributed by atoms with van der Waals surface area (Å²) in [7, 11) is 0. The number of ketones is 1. The van der Waals surface area contributed by atoms with Crippen molar-refractivity contribution in [2.45, 2.75) is 19.3 Å². The molecule has 0 radical (unpaired) electrons. The predicted molar refractivity (Wildman–Crippen MR) is 63.4 cm³/mol. The first kappa shape index (κ1) is 9.52. The Bertz CT molecular complexity index is 543. The molecule has 1 fully saturated rings. The second kappa shape index (κ2) is 3.71. The quantitative estimate of drug-likeness (QED) is 0.729. The van der Waals surface area contributed by atoms with E-state index in [9.17, 15) is 4.79 Å². The van der Waals surface area contributed by atoms with Gasteiger partial charge in [0.05, 0.1) is 5.52 Å².